The minimum atomic E-state index is 0.0375. The van der Waals surface area contributed by atoms with Gasteiger partial charge in [0.25, 0.3) is 0 Å². The number of benzene rings is 1. The van der Waals surface area contributed by atoms with Crippen LogP contribution in [0, 0.1) is 0 Å². The normalized spacial score (nSPS) is 12.7. The molecular weight excluding hydrogens is 370 g/mol. The van der Waals surface area contributed by atoms with Gasteiger partial charge in [-0.05, 0) is 31.9 Å². The van der Waals surface area contributed by atoms with E-state index in [1.165, 1.54) is 5.69 Å². The maximum atomic E-state index is 5.34. The molecule has 1 atom stereocenters. The van der Waals surface area contributed by atoms with Gasteiger partial charge in [0, 0.05) is 52.4 Å². The molecule has 0 saturated carbocycles. The van der Waals surface area contributed by atoms with Crippen LogP contribution in [0.3, 0.4) is 0 Å². The highest BCUT2D eigenvalue weighted by Gasteiger charge is 2.12. The molecule has 0 aliphatic rings. The van der Waals surface area contributed by atoms with Gasteiger partial charge in [0.15, 0.2) is 5.96 Å². The first-order chi connectivity index (χ1) is 13.5. The van der Waals surface area contributed by atoms with E-state index < -0.39 is 0 Å². The topological polar surface area (TPSA) is 53.0 Å². The quantitative estimate of drug-likeness (QED) is 0.372. The highest BCUT2D eigenvalue weighted by Crippen LogP contribution is 2.20. The van der Waals surface area contributed by atoms with Crippen molar-refractivity contribution in [1.29, 1.82) is 0 Å². The fourth-order valence-corrected chi connectivity index (χ4v) is 3.71. The van der Waals surface area contributed by atoms with E-state index in [9.17, 15) is 0 Å². The van der Waals surface area contributed by atoms with Crippen molar-refractivity contribution in [3.05, 3.63) is 46.4 Å². The van der Waals surface area contributed by atoms with Crippen molar-refractivity contribution in [2.24, 2.45) is 4.99 Å². The minimum Gasteiger partial charge on any atom is -0.375 e. The molecule has 0 spiro atoms. The number of anilines is 1. The van der Waals surface area contributed by atoms with Gasteiger partial charge >= 0.3 is 0 Å². The fraction of sp³-hybridized carbons (Fsp3) is 0.524. The van der Waals surface area contributed by atoms with E-state index in [1.54, 1.807) is 18.4 Å². The lowest BCUT2D eigenvalue weighted by Crippen LogP contribution is -2.39. The Balaban J connectivity index is 1.71. The molecule has 1 unspecified atom stereocenters. The number of hydrogen-bond acceptors (Lipinski definition) is 5. The molecule has 0 bridgehead atoms. The predicted octanol–water partition coefficient (Wildman–Crippen LogP) is 3.77. The van der Waals surface area contributed by atoms with Gasteiger partial charge in [-0.3, -0.25) is 4.99 Å². The van der Waals surface area contributed by atoms with Crippen LogP contribution in [0.25, 0.3) is 0 Å². The van der Waals surface area contributed by atoms with Crippen LogP contribution in [0.2, 0.25) is 0 Å². The molecule has 0 aliphatic heterocycles. The fourth-order valence-electron chi connectivity index (χ4n) is 2.87. The van der Waals surface area contributed by atoms with E-state index in [4.69, 9.17) is 4.74 Å². The Hall–Kier alpha value is -2.12. The molecule has 7 heteroatoms. The maximum absolute atomic E-state index is 5.34. The number of ether oxygens (including phenoxy) is 1. The third kappa shape index (κ3) is 6.80. The smallest absolute Gasteiger partial charge is 0.193 e. The van der Waals surface area contributed by atoms with Crippen molar-refractivity contribution < 1.29 is 4.74 Å². The van der Waals surface area contributed by atoms with Crippen LogP contribution in [-0.4, -0.2) is 57.2 Å². The van der Waals surface area contributed by atoms with Crippen LogP contribution in [0.15, 0.2) is 40.7 Å². The summed E-state index contributed by atoms with van der Waals surface area (Å²) in [5, 5.41) is 6.55. The number of thiazole rings is 1. The van der Waals surface area contributed by atoms with Crippen molar-refractivity contribution in [3.63, 3.8) is 0 Å². The molecule has 0 fully saturated rings. The van der Waals surface area contributed by atoms with Gasteiger partial charge in [-0.2, -0.15) is 0 Å². The summed E-state index contributed by atoms with van der Waals surface area (Å²) in [4.78, 5) is 13.5. The number of guanidine groups is 1. The van der Waals surface area contributed by atoms with Gasteiger partial charge in [0.1, 0.15) is 11.1 Å². The second-order valence-electron chi connectivity index (χ2n) is 6.85. The number of nitrogens with zero attached hydrogens (tertiary/aromatic N) is 4. The van der Waals surface area contributed by atoms with Gasteiger partial charge in [-0.1, -0.05) is 18.2 Å². The van der Waals surface area contributed by atoms with Gasteiger partial charge in [0.2, 0.25) is 0 Å². The average molecular weight is 404 g/mol. The van der Waals surface area contributed by atoms with Gasteiger partial charge < -0.3 is 19.9 Å². The molecule has 2 aromatic rings. The minimum absolute atomic E-state index is 0.0375. The zero-order valence-corrected chi connectivity index (χ0v) is 18.5. The summed E-state index contributed by atoms with van der Waals surface area (Å²) in [6, 6.07) is 10.5. The Bertz CT molecular complexity index is 719. The molecule has 6 nitrogen and oxygen atoms in total. The van der Waals surface area contributed by atoms with Crippen LogP contribution in [0.1, 0.15) is 36.6 Å². The van der Waals surface area contributed by atoms with Crippen LogP contribution in [0.4, 0.5) is 5.69 Å². The number of aliphatic imine (C=N–C) groups is 1. The first kappa shape index (κ1) is 22.2. The summed E-state index contributed by atoms with van der Waals surface area (Å²) >= 11 is 1.64. The average Bonchev–Trinajstić information content (AvgIpc) is 3.18. The lowest BCUT2D eigenvalue weighted by molar-refractivity contribution is 0.119. The Labute approximate surface area is 173 Å². The number of rotatable bonds is 10. The van der Waals surface area contributed by atoms with E-state index in [-0.39, 0.29) is 6.10 Å². The number of nitrogens with one attached hydrogen (secondary N) is 1. The van der Waals surface area contributed by atoms with Gasteiger partial charge in [-0.15, -0.1) is 11.3 Å². The summed E-state index contributed by atoms with van der Waals surface area (Å²) in [6.07, 6.45) is 2.26. The Morgan fingerprint density at radius 3 is 2.68 bits per heavy atom. The van der Waals surface area contributed by atoms with E-state index in [0.717, 1.165) is 49.1 Å². The monoisotopic (exact) mass is 403 g/mol. The molecule has 1 aromatic heterocycles. The van der Waals surface area contributed by atoms with Crippen LogP contribution < -0.4 is 10.2 Å². The number of unbranched alkanes of at least 4 members (excludes halogenated alkanes) is 1. The largest absolute Gasteiger partial charge is 0.375 e. The van der Waals surface area contributed by atoms with E-state index in [0.29, 0.717) is 0 Å². The Morgan fingerprint density at radius 2 is 2.00 bits per heavy atom. The number of para-hydroxylation sites is 1. The summed E-state index contributed by atoms with van der Waals surface area (Å²) < 4.78 is 5.34. The first-order valence-corrected chi connectivity index (χ1v) is 10.6. The van der Waals surface area contributed by atoms with E-state index in [2.05, 4.69) is 61.8 Å². The van der Waals surface area contributed by atoms with Gasteiger partial charge in [0.05, 0.1) is 12.2 Å². The molecule has 1 heterocycles. The third-order valence-electron chi connectivity index (χ3n) is 4.64. The van der Waals surface area contributed by atoms with Crippen molar-refractivity contribution >= 4 is 23.0 Å². The molecule has 0 aliphatic carbocycles. The zero-order chi connectivity index (χ0) is 20.4. The SMILES string of the molecule is CN=C(NCCCCN(C)c1ccccc1)N(C)Cc1csc(C(C)OC)n1. The predicted molar refractivity (Wildman–Crippen MR) is 119 cm³/mol. The van der Waals surface area contributed by atoms with E-state index in [1.807, 2.05) is 27.1 Å². The molecule has 1 N–H and O–H groups in total. The molecule has 154 valence electrons. The number of methoxy groups -OCH3 is 1. The maximum Gasteiger partial charge on any atom is 0.193 e. The Morgan fingerprint density at radius 1 is 1.25 bits per heavy atom. The van der Waals surface area contributed by atoms with E-state index >= 15 is 0 Å². The lowest BCUT2D eigenvalue weighted by atomic mass is 10.2. The first-order valence-electron chi connectivity index (χ1n) is 9.70. The second kappa shape index (κ2) is 11.7. The Kier molecular flexibility index (Phi) is 9.23. The summed E-state index contributed by atoms with van der Waals surface area (Å²) in [5.74, 6) is 0.894. The van der Waals surface area contributed by atoms with Crippen LogP contribution >= 0.6 is 11.3 Å². The molecule has 0 radical (unpaired) electrons. The number of hydrogen-bond donors (Lipinski definition) is 1. The standard InChI is InChI=1S/C21H33N5OS/c1-17(27-5)20-24-18(16-28-20)15-26(4)21(22-2)23-13-9-10-14-25(3)19-11-7-6-8-12-19/h6-8,11-12,16-17H,9-10,13-15H2,1-5H3,(H,22,23). The van der Waals surface area contributed by atoms with Crippen LogP contribution in [-0.2, 0) is 11.3 Å². The van der Waals surface area contributed by atoms with Crippen molar-refractivity contribution in [2.75, 3.05) is 46.2 Å². The van der Waals surface area contributed by atoms with Crippen molar-refractivity contribution in [1.82, 2.24) is 15.2 Å². The van der Waals surface area contributed by atoms with Crippen molar-refractivity contribution in [3.8, 4) is 0 Å². The number of aromatic nitrogens is 1. The third-order valence-corrected chi connectivity index (χ3v) is 5.70. The molecule has 0 saturated heterocycles. The summed E-state index contributed by atoms with van der Waals surface area (Å²) in [5.41, 5.74) is 2.30. The summed E-state index contributed by atoms with van der Waals surface area (Å²) in [6.45, 7) is 4.69. The highest BCUT2D eigenvalue weighted by atomic mass is 32.1. The second-order valence-corrected chi connectivity index (χ2v) is 7.74. The molecule has 0 amide bonds. The van der Waals surface area contributed by atoms with Crippen molar-refractivity contribution in [2.45, 2.75) is 32.4 Å². The zero-order valence-electron chi connectivity index (χ0n) is 17.7. The summed E-state index contributed by atoms with van der Waals surface area (Å²) in [7, 11) is 7.71. The lowest BCUT2D eigenvalue weighted by Gasteiger charge is -2.22. The van der Waals surface area contributed by atoms with Gasteiger partial charge in [-0.25, -0.2) is 4.98 Å². The molecule has 2 rings (SSSR count). The molecular formula is C21H33N5OS. The highest BCUT2D eigenvalue weighted by molar-refractivity contribution is 7.09. The molecule has 1 aromatic carbocycles. The van der Waals surface area contributed by atoms with Crippen LogP contribution in [0.5, 0.6) is 0 Å². The molecule has 28 heavy (non-hydrogen) atoms.